The number of carbonyl (C=O) groups is 3. The Morgan fingerprint density at radius 3 is 2.41 bits per heavy atom. The average Bonchev–Trinajstić information content (AvgIpc) is 3.14. The number of rotatable bonds is 7. The molecule has 1 N–H and O–H groups in total. The molecule has 0 aliphatic carbocycles. The SMILES string of the molecule is CCCOC(=O)c1ccc(NC(=O)[C@H]2CC(=O)N(c3ccc(OC)cc3)C2)cc1. The maximum Gasteiger partial charge on any atom is 0.338 e. The largest absolute Gasteiger partial charge is 0.497 e. The molecule has 1 atom stereocenters. The molecule has 2 amide bonds. The van der Waals surface area contributed by atoms with Gasteiger partial charge in [0, 0.05) is 24.3 Å². The standard InChI is InChI=1S/C22H24N2O5/c1-3-12-29-22(27)15-4-6-17(7-5-15)23-21(26)16-13-20(25)24(14-16)18-8-10-19(28-2)11-9-18/h4-11,16H,3,12-14H2,1-2H3,(H,23,26)/t16-/m0/s1. The van der Waals surface area contributed by atoms with Crippen LogP contribution in [0.3, 0.4) is 0 Å². The summed E-state index contributed by atoms with van der Waals surface area (Å²) in [5, 5.41) is 2.81. The third kappa shape index (κ3) is 4.93. The van der Waals surface area contributed by atoms with Gasteiger partial charge in [0.15, 0.2) is 0 Å². The third-order valence-corrected chi connectivity index (χ3v) is 4.71. The lowest BCUT2D eigenvalue weighted by atomic mass is 10.1. The number of ether oxygens (including phenoxy) is 2. The van der Waals surface area contributed by atoms with E-state index in [2.05, 4.69) is 5.32 Å². The van der Waals surface area contributed by atoms with E-state index in [1.807, 2.05) is 6.92 Å². The number of amides is 2. The fourth-order valence-corrected chi connectivity index (χ4v) is 3.11. The van der Waals surface area contributed by atoms with E-state index in [1.54, 1.807) is 60.5 Å². The molecule has 1 aliphatic heterocycles. The first-order chi connectivity index (χ1) is 14.0. The zero-order valence-electron chi connectivity index (χ0n) is 16.5. The second kappa shape index (κ2) is 9.23. The van der Waals surface area contributed by atoms with Crippen molar-refractivity contribution in [2.75, 3.05) is 30.5 Å². The smallest absolute Gasteiger partial charge is 0.338 e. The van der Waals surface area contributed by atoms with Crippen LogP contribution in [0.1, 0.15) is 30.1 Å². The van der Waals surface area contributed by atoms with Gasteiger partial charge in [0.05, 0.1) is 25.2 Å². The van der Waals surface area contributed by atoms with Crippen molar-refractivity contribution in [3.63, 3.8) is 0 Å². The molecule has 0 radical (unpaired) electrons. The number of anilines is 2. The molecule has 0 spiro atoms. The van der Waals surface area contributed by atoms with Gasteiger partial charge in [-0.1, -0.05) is 6.92 Å². The summed E-state index contributed by atoms with van der Waals surface area (Å²) in [7, 11) is 1.58. The van der Waals surface area contributed by atoms with Gasteiger partial charge in [-0.25, -0.2) is 4.79 Å². The summed E-state index contributed by atoms with van der Waals surface area (Å²) in [4.78, 5) is 38.4. The summed E-state index contributed by atoms with van der Waals surface area (Å²) in [6.45, 7) is 2.62. The maximum absolute atomic E-state index is 12.6. The molecule has 7 heteroatoms. The molecular formula is C22H24N2O5. The molecule has 1 heterocycles. The molecule has 1 aliphatic rings. The van der Waals surface area contributed by atoms with E-state index in [1.165, 1.54) is 0 Å². The topological polar surface area (TPSA) is 84.9 Å². The van der Waals surface area contributed by atoms with Crippen LogP contribution in [0.5, 0.6) is 5.75 Å². The summed E-state index contributed by atoms with van der Waals surface area (Å²) in [5.41, 5.74) is 1.73. The minimum Gasteiger partial charge on any atom is -0.497 e. The summed E-state index contributed by atoms with van der Waals surface area (Å²) in [6.07, 6.45) is 0.910. The highest BCUT2D eigenvalue weighted by atomic mass is 16.5. The van der Waals surface area contributed by atoms with Gasteiger partial charge in [0.25, 0.3) is 0 Å². The Morgan fingerprint density at radius 2 is 1.79 bits per heavy atom. The second-order valence-corrected chi connectivity index (χ2v) is 6.81. The normalized spacial score (nSPS) is 15.9. The Labute approximate surface area is 169 Å². The molecule has 152 valence electrons. The highest BCUT2D eigenvalue weighted by molar-refractivity contribution is 6.03. The minimum atomic E-state index is -0.446. The minimum absolute atomic E-state index is 0.0932. The predicted molar refractivity (Wildman–Crippen MR) is 109 cm³/mol. The van der Waals surface area contributed by atoms with Gasteiger partial charge >= 0.3 is 5.97 Å². The van der Waals surface area contributed by atoms with Gasteiger partial charge < -0.3 is 19.7 Å². The summed E-state index contributed by atoms with van der Waals surface area (Å²) < 4.78 is 10.2. The van der Waals surface area contributed by atoms with Crippen LogP contribution in [-0.2, 0) is 14.3 Å². The molecule has 0 aromatic heterocycles. The number of carbonyl (C=O) groups excluding carboxylic acids is 3. The Morgan fingerprint density at radius 1 is 1.10 bits per heavy atom. The number of nitrogens with zero attached hydrogens (tertiary/aromatic N) is 1. The van der Waals surface area contributed by atoms with Crippen LogP contribution in [0.15, 0.2) is 48.5 Å². The Balaban J connectivity index is 1.59. The van der Waals surface area contributed by atoms with E-state index in [0.29, 0.717) is 30.2 Å². The fourth-order valence-electron chi connectivity index (χ4n) is 3.11. The highest BCUT2D eigenvalue weighted by Crippen LogP contribution is 2.27. The van der Waals surface area contributed by atoms with E-state index in [9.17, 15) is 14.4 Å². The highest BCUT2D eigenvalue weighted by Gasteiger charge is 2.35. The molecule has 0 saturated carbocycles. The van der Waals surface area contributed by atoms with Gasteiger partial charge in [-0.2, -0.15) is 0 Å². The van der Waals surface area contributed by atoms with Gasteiger partial charge in [-0.15, -0.1) is 0 Å². The van der Waals surface area contributed by atoms with E-state index in [0.717, 1.165) is 12.1 Å². The molecule has 2 aromatic carbocycles. The van der Waals surface area contributed by atoms with E-state index in [4.69, 9.17) is 9.47 Å². The van der Waals surface area contributed by atoms with Crippen LogP contribution < -0.4 is 15.0 Å². The molecular weight excluding hydrogens is 372 g/mol. The molecule has 1 saturated heterocycles. The zero-order chi connectivity index (χ0) is 20.8. The van der Waals surface area contributed by atoms with Crippen molar-refractivity contribution < 1.29 is 23.9 Å². The maximum atomic E-state index is 12.6. The number of benzene rings is 2. The van der Waals surface area contributed by atoms with Crippen molar-refractivity contribution in [1.82, 2.24) is 0 Å². The van der Waals surface area contributed by atoms with Crippen LogP contribution in [0.2, 0.25) is 0 Å². The van der Waals surface area contributed by atoms with Gasteiger partial charge in [-0.3, -0.25) is 9.59 Å². The van der Waals surface area contributed by atoms with Crippen molar-refractivity contribution >= 4 is 29.2 Å². The summed E-state index contributed by atoms with van der Waals surface area (Å²) in [5.74, 6) is -0.447. The molecule has 0 bridgehead atoms. The van der Waals surface area contributed by atoms with Crippen LogP contribution in [0, 0.1) is 5.92 Å². The van der Waals surface area contributed by atoms with Gasteiger partial charge in [-0.05, 0) is 55.0 Å². The number of methoxy groups -OCH3 is 1. The average molecular weight is 396 g/mol. The molecule has 2 aromatic rings. The monoisotopic (exact) mass is 396 g/mol. The van der Waals surface area contributed by atoms with Gasteiger partial charge in [0.1, 0.15) is 5.75 Å². The first-order valence-corrected chi connectivity index (χ1v) is 9.54. The van der Waals surface area contributed by atoms with Crippen LogP contribution >= 0.6 is 0 Å². The van der Waals surface area contributed by atoms with E-state index < -0.39 is 5.92 Å². The molecule has 29 heavy (non-hydrogen) atoms. The van der Waals surface area contributed by atoms with Crippen LogP contribution in [-0.4, -0.2) is 38.0 Å². The quantitative estimate of drug-likeness (QED) is 0.726. The Kier molecular flexibility index (Phi) is 6.49. The first-order valence-electron chi connectivity index (χ1n) is 9.54. The summed E-state index contributed by atoms with van der Waals surface area (Å²) in [6, 6.07) is 13.7. The Hall–Kier alpha value is -3.35. The third-order valence-electron chi connectivity index (χ3n) is 4.71. The fraction of sp³-hybridized carbons (Fsp3) is 0.318. The van der Waals surface area contributed by atoms with E-state index in [-0.39, 0.29) is 24.2 Å². The summed E-state index contributed by atoms with van der Waals surface area (Å²) >= 11 is 0. The van der Waals surface area contributed by atoms with Crippen molar-refractivity contribution in [2.45, 2.75) is 19.8 Å². The van der Waals surface area contributed by atoms with Crippen molar-refractivity contribution in [2.24, 2.45) is 5.92 Å². The number of hydrogen-bond acceptors (Lipinski definition) is 5. The Bertz CT molecular complexity index is 877. The number of nitrogens with one attached hydrogen (secondary N) is 1. The molecule has 0 unspecified atom stereocenters. The lowest BCUT2D eigenvalue weighted by molar-refractivity contribution is -0.122. The lowest BCUT2D eigenvalue weighted by Gasteiger charge is -2.17. The predicted octanol–water partition coefficient (Wildman–Crippen LogP) is 3.25. The van der Waals surface area contributed by atoms with Crippen molar-refractivity contribution in [3.05, 3.63) is 54.1 Å². The number of hydrogen-bond donors (Lipinski definition) is 1. The molecule has 3 rings (SSSR count). The van der Waals surface area contributed by atoms with E-state index >= 15 is 0 Å². The van der Waals surface area contributed by atoms with Crippen molar-refractivity contribution in [1.29, 1.82) is 0 Å². The second-order valence-electron chi connectivity index (χ2n) is 6.81. The lowest BCUT2D eigenvalue weighted by Crippen LogP contribution is -2.28. The molecule has 7 nitrogen and oxygen atoms in total. The van der Waals surface area contributed by atoms with Crippen LogP contribution in [0.4, 0.5) is 11.4 Å². The molecule has 1 fully saturated rings. The van der Waals surface area contributed by atoms with Crippen molar-refractivity contribution in [3.8, 4) is 5.75 Å². The zero-order valence-corrected chi connectivity index (χ0v) is 16.5. The van der Waals surface area contributed by atoms with Crippen LogP contribution in [0.25, 0.3) is 0 Å². The first kappa shape index (κ1) is 20.4. The van der Waals surface area contributed by atoms with Gasteiger partial charge in [0.2, 0.25) is 11.8 Å². The number of esters is 1.